The van der Waals surface area contributed by atoms with Crippen LogP contribution in [0.25, 0.3) is 0 Å². The number of carbonyl (C=O) groups is 2. The number of ketones is 1. The molecule has 3 aromatic rings. The van der Waals surface area contributed by atoms with E-state index in [0.29, 0.717) is 6.42 Å². The first-order chi connectivity index (χ1) is 17.9. The van der Waals surface area contributed by atoms with Gasteiger partial charge in [0.2, 0.25) is 0 Å². The SMILES string of the molecule is [3H]CC([3H])CCOc1ccccc1C(=O)Nc1ccccc1C(=O)Cc1cccc(S(=O)(=O)C(F)(F)F)c1. The number of Topliss-reactive ketones (excluding diaryl/α,β-unsaturated/α-hetero) is 1. The number of hydrogen-bond donors (Lipinski definition) is 1. The highest BCUT2D eigenvalue weighted by molar-refractivity contribution is 7.92. The van der Waals surface area contributed by atoms with E-state index in [9.17, 15) is 31.2 Å². The Labute approximate surface area is 209 Å². The lowest BCUT2D eigenvalue weighted by Crippen LogP contribution is -2.23. The summed E-state index contributed by atoms with van der Waals surface area (Å²) in [6.45, 7) is 0.0638. The summed E-state index contributed by atoms with van der Waals surface area (Å²) in [5.41, 5.74) is -5.02. The average Bonchev–Trinajstić information content (AvgIpc) is 2.88. The van der Waals surface area contributed by atoms with Gasteiger partial charge in [-0.25, -0.2) is 8.42 Å². The second kappa shape index (κ2) is 11.4. The van der Waals surface area contributed by atoms with Crippen molar-refractivity contribution in [1.82, 2.24) is 0 Å². The van der Waals surface area contributed by atoms with Crippen LogP contribution in [0.1, 0.15) is 48.7 Å². The molecule has 0 radical (unpaired) electrons. The van der Waals surface area contributed by atoms with Crippen molar-refractivity contribution in [2.45, 2.75) is 36.5 Å². The Hall–Kier alpha value is -3.66. The Morgan fingerprint density at radius 2 is 1.69 bits per heavy atom. The third-order valence-electron chi connectivity index (χ3n) is 5.07. The summed E-state index contributed by atoms with van der Waals surface area (Å²) in [4.78, 5) is 25.1. The van der Waals surface area contributed by atoms with Crippen molar-refractivity contribution in [3.05, 3.63) is 89.5 Å². The lowest BCUT2D eigenvalue weighted by Gasteiger charge is -2.14. The van der Waals surface area contributed by atoms with E-state index < -0.39 is 44.7 Å². The van der Waals surface area contributed by atoms with E-state index in [-0.39, 0.29) is 41.6 Å². The highest BCUT2D eigenvalue weighted by atomic mass is 32.2. The molecule has 0 aliphatic carbocycles. The standard InChI is InChI=1S/C26H24F3NO5S/c1-2-3-15-35-24-14-7-5-12-21(24)25(32)30-22-13-6-4-11-20(22)23(31)17-18-9-8-10-19(16-18)36(33,34)26(27,28)29/h4-14,16H,2-3,15,17H2,1H3,(H,30,32)/i1T,2T. The van der Waals surface area contributed by atoms with E-state index in [1.54, 1.807) is 30.3 Å². The van der Waals surface area contributed by atoms with Crippen LogP contribution in [0.3, 0.4) is 0 Å². The molecule has 3 rings (SSSR count). The highest BCUT2D eigenvalue weighted by Crippen LogP contribution is 2.31. The molecular weight excluding hydrogens is 495 g/mol. The summed E-state index contributed by atoms with van der Waals surface area (Å²) in [6, 6.07) is 16.5. The fraction of sp³-hybridized carbons (Fsp3) is 0.231. The average molecular weight is 524 g/mol. The maximum Gasteiger partial charge on any atom is 0.501 e. The van der Waals surface area contributed by atoms with Crippen LogP contribution in [0.2, 0.25) is 0 Å². The number of halogens is 3. The van der Waals surface area contributed by atoms with Gasteiger partial charge in [0.1, 0.15) is 5.75 Å². The van der Waals surface area contributed by atoms with Crippen LogP contribution in [0, 0.1) is 0 Å². The van der Waals surface area contributed by atoms with Gasteiger partial charge >= 0.3 is 5.51 Å². The first-order valence-corrected chi connectivity index (χ1v) is 12.2. The number of alkyl halides is 3. The molecule has 0 aliphatic rings. The van der Waals surface area contributed by atoms with Gasteiger partial charge < -0.3 is 10.1 Å². The number of amides is 1. The van der Waals surface area contributed by atoms with Gasteiger partial charge in [-0.1, -0.05) is 49.7 Å². The Balaban J connectivity index is 1.79. The molecule has 3 aromatic carbocycles. The van der Waals surface area contributed by atoms with Gasteiger partial charge in [0.15, 0.2) is 5.78 Å². The number of rotatable bonds is 10. The van der Waals surface area contributed by atoms with Gasteiger partial charge in [0, 0.05) is 14.7 Å². The van der Waals surface area contributed by atoms with Crippen molar-refractivity contribution in [1.29, 1.82) is 0 Å². The van der Waals surface area contributed by atoms with Gasteiger partial charge in [-0.2, -0.15) is 13.2 Å². The van der Waals surface area contributed by atoms with Crippen molar-refractivity contribution in [2.75, 3.05) is 11.9 Å². The zero-order valence-corrected chi connectivity index (χ0v) is 19.7. The number of benzene rings is 3. The predicted octanol–water partition coefficient (Wildman–Crippen LogP) is 5.84. The maximum absolute atomic E-state index is 13.0. The molecule has 6 nitrogen and oxygen atoms in total. The van der Waals surface area contributed by atoms with Crippen molar-refractivity contribution in [3.63, 3.8) is 0 Å². The predicted molar refractivity (Wildman–Crippen MR) is 129 cm³/mol. The first-order valence-electron chi connectivity index (χ1n) is 12.0. The number of carbonyl (C=O) groups excluding carboxylic acids is 2. The topological polar surface area (TPSA) is 89.5 Å². The van der Waals surface area contributed by atoms with Crippen molar-refractivity contribution in [2.24, 2.45) is 0 Å². The van der Waals surface area contributed by atoms with Gasteiger partial charge in [-0.15, -0.1) is 0 Å². The molecule has 0 spiro atoms. The second-order valence-electron chi connectivity index (χ2n) is 7.62. The number of nitrogens with one attached hydrogen (secondary N) is 1. The highest BCUT2D eigenvalue weighted by Gasteiger charge is 2.46. The summed E-state index contributed by atoms with van der Waals surface area (Å²) in [7, 11) is -5.57. The minimum Gasteiger partial charge on any atom is -0.493 e. The maximum atomic E-state index is 13.0. The largest absolute Gasteiger partial charge is 0.501 e. The second-order valence-corrected chi connectivity index (χ2v) is 9.56. The monoisotopic (exact) mass is 523 g/mol. The summed E-state index contributed by atoms with van der Waals surface area (Å²) < 4.78 is 82.7. The van der Waals surface area contributed by atoms with Gasteiger partial charge in [0.05, 0.1) is 22.8 Å². The molecule has 1 N–H and O–H groups in total. The lowest BCUT2D eigenvalue weighted by atomic mass is 10.0. The number of ether oxygens (including phenoxy) is 1. The van der Waals surface area contributed by atoms with Crippen LogP contribution < -0.4 is 10.1 Å². The molecule has 1 atom stereocenters. The molecule has 0 fully saturated rings. The van der Waals surface area contributed by atoms with Gasteiger partial charge in [-0.05, 0) is 48.4 Å². The molecule has 1 unspecified atom stereocenters. The smallest absolute Gasteiger partial charge is 0.493 e. The molecule has 190 valence electrons. The number of sulfone groups is 1. The molecular formula is C26H24F3NO5S. The molecule has 0 bridgehead atoms. The fourth-order valence-corrected chi connectivity index (χ4v) is 4.13. The van der Waals surface area contributed by atoms with E-state index >= 15 is 0 Å². The molecule has 0 saturated heterocycles. The Bertz CT molecular complexity index is 1410. The van der Waals surface area contributed by atoms with Crippen LogP contribution in [0.4, 0.5) is 18.9 Å². The zero-order chi connectivity index (χ0) is 27.9. The quantitative estimate of drug-likeness (QED) is 0.338. The fourth-order valence-electron chi connectivity index (χ4n) is 3.29. The number of anilines is 1. The molecule has 0 heterocycles. The van der Waals surface area contributed by atoms with Crippen LogP contribution in [0.15, 0.2) is 77.7 Å². The molecule has 10 heteroatoms. The van der Waals surface area contributed by atoms with E-state index in [1.807, 2.05) is 0 Å². The minimum atomic E-state index is -5.57. The lowest BCUT2D eigenvalue weighted by molar-refractivity contribution is -0.0436. The summed E-state index contributed by atoms with van der Waals surface area (Å²) >= 11 is 0. The number of para-hydroxylation sites is 2. The molecule has 0 aliphatic heterocycles. The Morgan fingerprint density at radius 3 is 2.42 bits per heavy atom. The molecule has 0 aromatic heterocycles. The van der Waals surface area contributed by atoms with E-state index in [1.165, 1.54) is 24.3 Å². The van der Waals surface area contributed by atoms with Gasteiger partial charge in [0.25, 0.3) is 15.7 Å². The summed E-state index contributed by atoms with van der Waals surface area (Å²) in [6.07, 6.45) is -0.705. The molecule has 36 heavy (non-hydrogen) atoms. The van der Waals surface area contributed by atoms with Crippen LogP contribution in [-0.2, 0) is 16.3 Å². The normalized spacial score (nSPS) is 13.3. The van der Waals surface area contributed by atoms with Crippen molar-refractivity contribution < 1.29 is 38.7 Å². The summed E-state index contributed by atoms with van der Waals surface area (Å²) in [5, 5.41) is 2.65. The van der Waals surface area contributed by atoms with Gasteiger partial charge in [-0.3, -0.25) is 9.59 Å². The third kappa shape index (κ3) is 6.31. The van der Waals surface area contributed by atoms with E-state index in [0.717, 1.165) is 18.2 Å². The first kappa shape index (κ1) is 24.1. The zero-order valence-electron chi connectivity index (χ0n) is 20.9. The minimum absolute atomic E-state index is 0.0561. The van der Waals surface area contributed by atoms with Crippen molar-refractivity contribution in [3.8, 4) is 5.75 Å². The van der Waals surface area contributed by atoms with Crippen LogP contribution in [-0.4, -0.2) is 32.2 Å². The van der Waals surface area contributed by atoms with E-state index in [2.05, 4.69) is 5.32 Å². The Kier molecular flexibility index (Phi) is 7.61. The molecule has 0 saturated carbocycles. The van der Waals surface area contributed by atoms with Crippen LogP contribution >= 0.6 is 0 Å². The Morgan fingerprint density at radius 1 is 1.00 bits per heavy atom. The third-order valence-corrected chi connectivity index (χ3v) is 6.55. The van der Waals surface area contributed by atoms with Crippen LogP contribution in [0.5, 0.6) is 5.75 Å². The molecule has 1 amide bonds. The number of hydrogen-bond acceptors (Lipinski definition) is 5. The summed E-state index contributed by atoms with van der Waals surface area (Å²) in [5.74, 6) is -0.875. The van der Waals surface area contributed by atoms with E-state index in [4.69, 9.17) is 7.48 Å². The van der Waals surface area contributed by atoms with Crippen molar-refractivity contribution >= 4 is 27.2 Å².